The number of nitrogens with zero attached hydrogens (tertiary/aromatic N) is 1. The second-order valence-electron chi connectivity index (χ2n) is 7.28. The molecule has 1 aliphatic heterocycles. The molecule has 1 N–H and O–H groups in total. The van der Waals surface area contributed by atoms with Crippen LogP contribution in [0.2, 0.25) is 0 Å². The van der Waals surface area contributed by atoms with Crippen LogP contribution in [-0.2, 0) is 14.9 Å². The number of hydrogen-bond acceptors (Lipinski definition) is 3. The molecule has 1 atom stereocenters. The van der Waals surface area contributed by atoms with Gasteiger partial charge in [0.05, 0.1) is 24.7 Å². The van der Waals surface area contributed by atoms with Crippen molar-refractivity contribution in [1.29, 1.82) is 0 Å². The fourth-order valence-electron chi connectivity index (χ4n) is 3.42. The Kier molecular flexibility index (Phi) is 6.07. The third kappa shape index (κ3) is 4.32. The minimum absolute atomic E-state index is 0.0536. The van der Waals surface area contributed by atoms with Crippen LogP contribution in [0, 0.1) is 0 Å². The predicted molar refractivity (Wildman–Crippen MR) is 104 cm³/mol. The van der Waals surface area contributed by atoms with Crippen molar-refractivity contribution in [2.45, 2.75) is 25.3 Å². The van der Waals surface area contributed by atoms with Crippen LogP contribution in [-0.4, -0.2) is 43.7 Å². The third-order valence-electron chi connectivity index (χ3n) is 5.19. The van der Waals surface area contributed by atoms with Crippen molar-refractivity contribution < 1.29 is 9.53 Å². The Hall–Kier alpha value is -2.17. The van der Waals surface area contributed by atoms with Crippen LogP contribution in [0.1, 0.15) is 31.0 Å². The molecule has 1 amide bonds. The van der Waals surface area contributed by atoms with Gasteiger partial charge in [-0.25, -0.2) is 0 Å². The molecule has 1 fully saturated rings. The molecule has 2 aromatic carbocycles. The topological polar surface area (TPSA) is 41.6 Å². The third-order valence-corrected chi connectivity index (χ3v) is 5.19. The summed E-state index contributed by atoms with van der Waals surface area (Å²) in [5, 5.41) is 3.20. The van der Waals surface area contributed by atoms with Crippen molar-refractivity contribution in [3.8, 4) is 0 Å². The van der Waals surface area contributed by atoms with E-state index in [9.17, 15) is 4.79 Å². The van der Waals surface area contributed by atoms with Crippen molar-refractivity contribution in [1.82, 2.24) is 10.2 Å². The molecule has 0 aromatic heterocycles. The zero-order valence-corrected chi connectivity index (χ0v) is 15.7. The molecule has 138 valence electrons. The van der Waals surface area contributed by atoms with E-state index < -0.39 is 5.41 Å². The Morgan fingerprint density at radius 1 is 1.04 bits per heavy atom. The standard InChI is InChI=1S/C22H28N2O2/c1-22(2,19-11-7-4-8-12-19)21(25)23-17-20(18-9-5-3-6-10-18)24-13-15-26-16-14-24/h3-12,20H,13-17H2,1-2H3,(H,23,25). The highest BCUT2D eigenvalue weighted by atomic mass is 16.5. The zero-order valence-electron chi connectivity index (χ0n) is 15.7. The van der Waals surface area contributed by atoms with Gasteiger partial charge in [-0.2, -0.15) is 0 Å². The fraction of sp³-hybridized carbons (Fsp3) is 0.409. The average molecular weight is 352 g/mol. The SMILES string of the molecule is CC(C)(C(=O)NCC(c1ccccc1)N1CCOCC1)c1ccccc1. The lowest BCUT2D eigenvalue weighted by molar-refractivity contribution is -0.126. The van der Waals surface area contributed by atoms with Crippen LogP contribution in [0.5, 0.6) is 0 Å². The minimum Gasteiger partial charge on any atom is -0.379 e. The second kappa shape index (κ2) is 8.47. The predicted octanol–water partition coefficient (Wildman–Crippen LogP) is 3.15. The van der Waals surface area contributed by atoms with Gasteiger partial charge in [-0.1, -0.05) is 60.7 Å². The first-order chi connectivity index (χ1) is 12.6. The van der Waals surface area contributed by atoms with E-state index in [4.69, 9.17) is 4.74 Å². The Balaban J connectivity index is 1.72. The van der Waals surface area contributed by atoms with E-state index in [0.717, 1.165) is 31.9 Å². The van der Waals surface area contributed by atoms with Gasteiger partial charge in [0.15, 0.2) is 0 Å². The summed E-state index contributed by atoms with van der Waals surface area (Å²) in [7, 11) is 0. The van der Waals surface area contributed by atoms with Gasteiger partial charge >= 0.3 is 0 Å². The van der Waals surface area contributed by atoms with Crippen LogP contribution < -0.4 is 5.32 Å². The molecule has 3 rings (SSSR count). The summed E-state index contributed by atoms with van der Waals surface area (Å²) in [4.78, 5) is 15.3. The van der Waals surface area contributed by atoms with E-state index in [1.807, 2.05) is 50.2 Å². The summed E-state index contributed by atoms with van der Waals surface area (Å²) in [5.41, 5.74) is 1.69. The number of amides is 1. The first-order valence-electron chi connectivity index (χ1n) is 9.29. The minimum atomic E-state index is -0.562. The maximum absolute atomic E-state index is 12.9. The summed E-state index contributed by atoms with van der Waals surface area (Å²) < 4.78 is 5.49. The molecule has 26 heavy (non-hydrogen) atoms. The number of ether oxygens (including phenoxy) is 1. The molecule has 4 nitrogen and oxygen atoms in total. The lowest BCUT2D eigenvalue weighted by Gasteiger charge is -2.35. The van der Waals surface area contributed by atoms with E-state index in [0.29, 0.717) is 6.54 Å². The van der Waals surface area contributed by atoms with Gasteiger partial charge < -0.3 is 10.1 Å². The van der Waals surface area contributed by atoms with E-state index in [1.165, 1.54) is 5.56 Å². The van der Waals surface area contributed by atoms with Crippen molar-refractivity contribution in [2.24, 2.45) is 0 Å². The first kappa shape index (κ1) is 18.6. The molecule has 1 heterocycles. The van der Waals surface area contributed by atoms with E-state index >= 15 is 0 Å². The number of carbonyl (C=O) groups is 1. The highest BCUT2D eigenvalue weighted by Gasteiger charge is 2.31. The Morgan fingerprint density at radius 2 is 1.62 bits per heavy atom. The van der Waals surface area contributed by atoms with Gasteiger partial charge in [0.1, 0.15) is 0 Å². The Labute approximate surface area is 156 Å². The zero-order chi connectivity index (χ0) is 18.4. The quantitative estimate of drug-likeness (QED) is 0.868. The smallest absolute Gasteiger partial charge is 0.230 e. The molecule has 1 unspecified atom stereocenters. The van der Waals surface area contributed by atoms with Crippen LogP contribution in [0.25, 0.3) is 0 Å². The number of benzene rings is 2. The largest absolute Gasteiger partial charge is 0.379 e. The number of carbonyl (C=O) groups excluding carboxylic acids is 1. The number of hydrogen-bond donors (Lipinski definition) is 1. The van der Waals surface area contributed by atoms with Gasteiger partial charge in [0.2, 0.25) is 5.91 Å². The average Bonchev–Trinajstić information content (AvgIpc) is 2.70. The molecular formula is C22H28N2O2. The maximum Gasteiger partial charge on any atom is 0.230 e. The van der Waals surface area contributed by atoms with E-state index in [-0.39, 0.29) is 11.9 Å². The molecule has 0 spiro atoms. The lowest BCUT2D eigenvalue weighted by Crippen LogP contribution is -2.47. The normalized spacial score (nSPS) is 16.8. The summed E-state index contributed by atoms with van der Waals surface area (Å²) in [6.45, 7) is 7.81. The molecule has 0 radical (unpaired) electrons. The molecule has 4 heteroatoms. The van der Waals surface area contributed by atoms with Crippen LogP contribution in [0.3, 0.4) is 0 Å². The lowest BCUT2D eigenvalue weighted by atomic mass is 9.83. The number of nitrogens with one attached hydrogen (secondary N) is 1. The molecule has 0 aliphatic carbocycles. The van der Waals surface area contributed by atoms with Crippen molar-refractivity contribution in [3.63, 3.8) is 0 Å². The summed E-state index contributed by atoms with van der Waals surface area (Å²) >= 11 is 0. The Morgan fingerprint density at radius 3 is 2.23 bits per heavy atom. The van der Waals surface area contributed by atoms with Crippen molar-refractivity contribution in [2.75, 3.05) is 32.8 Å². The maximum atomic E-state index is 12.9. The molecule has 0 bridgehead atoms. The van der Waals surface area contributed by atoms with Gasteiger partial charge in [-0.15, -0.1) is 0 Å². The van der Waals surface area contributed by atoms with Crippen LogP contribution >= 0.6 is 0 Å². The molecular weight excluding hydrogens is 324 g/mol. The molecule has 1 aliphatic rings. The molecule has 1 saturated heterocycles. The monoisotopic (exact) mass is 352 g/mol. The van der Waals surface area contributed by atoms with E-state index in [1.54, 1.807) is 0 Å². The fourth-order valence-corrected chi connectivity index (χ4v) is 3.42. The Bertz CT molecular complexity index is 695. The van der Waals surface area contributed by atoms with Crippen LogP contribution in [0.15, 0.2) is 60.7 Å². The van der Waals surface area contributed by atoms with Crippen molar-refractivity contribution >= 4 is 5.91 Å². The van der Waals surface area contributed by atoms with Gasteiger partial charge in [-0.3, -0.25) is 9.69 Å². The highest BCUT2D eigenvalue weighted by Crippen LogP contribution is 2.25. The highest BCUT2D eigenvalue weighted by molar-refractivity contribution is 5.87. The number of rotatable bonds is 6. The van der Waals surface area contributed by atoms with Gasteiger partial charge in [0.25, 0.3) is 0 Å². The second-order valence-corrected chi connectivity index (χ2v) is 7.28. The number of morpholine rings is 1. The summed E-state index contributed by atoms with van der Waals surface area (Å²) in [5.74, 6) is 0.0536. The van der Waals surface area contributed by atoms with E-state index in [2.05, 4.69) is 34.5 Å². The first-order valence-corrected chi connectivity index (χ1v) is 9.29. The molecule has 0 saturated carbocycles. The van der Waals surface area contributed by atoms with Crippen molar-refractivity contribution in [3.05, 3.63) is 71.8 Å². The van der Waals surface area contributed by atoms with Gasteiger partial charge in [0, 0.05) is 19.6 Å². The summed E-state index contributed by atoms with van der Waals surface area (Å²) in [6.07, 6.45) is 0. The van der Waals surface area contributed by atoms with Crippen LogP contribution in [0.4, 0.5) is 0 Å². The van der Waals surface area contributed by atoms with Gasteiger partial charge in [-0.05, 0) is 25.0 Å². The molecule has 2 aromatic rings. The summed E-state index contributed by atoms with van der Waals surface area (Å²) in [6, 6.07) is 20.5.